The molecular formula is C16H16BrN3O. The normalized spacial score (nSPS) is 11.3. The van der Waals surface area contributed by atoms with Gasteiger partial charge in [-0.2, -0.15) is 0 Å². The summed E-state index contributed by atoms with van der Waals surface area (Å²) in [6.07, 6.45) is 1.70. The monoisotopic (exact) mass is 345 g/mol. The van der Waals surface area contributed by atoms with Crippen LogP contribution in [0, 0.1) is 0 Å². The van der Waals surface area contributed by atoms with Crippen LogP contribution in [-0.4, -0.2) is 18.1 Å². The van der Waals surface area contributed by atoms with Crippen LogP contribution in [0.2, 0.25) is 0 Å². The van der Waals surface area contributed by atoms with Gasteiger partial charge in [0.15, 0.2) is 0 Å². The summed E-state index contributed by atoms with van der Waals surface area (Å²) >= 11 is 3.47. The molecule has 0 aliphatic rings. The molecule has 4 nitrogen and oxygen atoms in total. The summed E-state index contributed by atoms with van der Waals surface area (Å²) < 4.78 is 0.966. The molecule has 0 fully saturated rings. The zero-order chi connectivity index (χ0) is 14.8. The number of fused-ring (bicyclic) bond motifs is 3. The second-order valence-electron chi connectivity index (χ2n) is 4.96. The van der Waals surface area contributed by atoms with Crippen molar-refractivity contribution in [1.82, 2.24) is 10.3 Å². The minimum atomic E-state index is -0.0590. The molecule has 0 aliphatic heterocycles. The number of aromatic amines is 1. The molecule has 0 saturated carbocycles. The van der Waals surface area contributed by atoms with Crippen LogP contribution in [0.25, 0.3) is 21.5 Å². The molecule has 0 amide bonds. The fourth-order valence-corrected chi connectivity index (χ4v) is 2.98. The van der Waals surface area contributed by atoms with E-state index < -0.39 is 0 Å². The van der Waals surface area contributed by atoms with Crippen molar-refractivity contribution in [3.05, 3.63) is 56.9 Å². The predicted molar refractivity (Wildman–Crippen MR) is 90.5 cm³/mol. The summed E-state index contributed by atoms with van der Waals surface area (Å²) in [6, 6.07) is 10.1. The zero-order valence-electron chi connectivity index (χ0n) is 11.4. The molecule has 2 aromatic carbocycles. The van der Waals surface area contributed by atoms with E-state index in [2.05, 4.69) is 32.3 Å². The number of aromatic nitrogens is 1. The van der Waals surface area contributed by atoms with Gasteiger partial charge in [-0.1, -0.05) is 22.0 Å². The van der Waals surface area contributed by atoms with E-state index in [1.807, 2.05) is 24.3 Å². The summed E-state index contributed by atoms with van der Waals surface area (Å²) in [4.78, 5) is 15.0. The highest BCUT2D eigenvalue weighted by atomic mass is 79.9. The molecule has 0 atom stereocenters. The lowest BCUT2D eigenvalue weighted by molar-refractivity contribution is 0.698. The van der Waals surface area contributed by atoms with Crippen molar-refractivity contribution in [3.63, 3.8) is 0 Å². The predicted octanol–water partition coefficient (Wildman–Crippen LogP) is 2.49. The molecule has 21 heavy (non-hydrogen) atoms. The number of hydrogen-bond donors (Lipinski definition) is 3. The summed E-state index contributed by atoms with van der Waals surface area (Å²) in [6.45, 7) is 2.05. The minimum absolute atomic E-state index is 0.0590. The van der Waals surface area contributed by atoms with Crippen LogP contribution in [0.4, 0.5) is 0 Å². The van der Waals surface area contributed by atoms with Crippen molar-refractivity contribution in [2.75, 3.05) is 13.1 Å². The molecule has 0 aliphatic carbocycles. The van der Waals surface area contributed by atoms with Gasteiger partial charge in [0.05, 0.1) is 5.39 Å². The molecule has 1 heterocycles. The van der Waals surface area contributed by atoms with E-state index in [1.165, 1.54) is 0 Å². The second kappa shape index (κ2) is 5.97. The average molecular weight is 346 g/mol. The van der Waals surface area contributed by atoms with Crippen LogP contribution < -0.4 is 16.6 Å². The summed E-state index contributed by atoms with van der Waals surface area (Å²) in [7, 11) is 0. The van der Waals surface area contributed by atoms with Gasteiger partial charge in [-0.05, 0) is 46.0 Å². The van der Waals surface area contributed by atoms with Crippen LogP contribution in [-0.2, 0) is 6.54 Å². The van der Waals surface area contributed by atoms with Gasteiger partial charge in [0.2, 0.25) is 0 Å². The Morgan fingerprint density at radius 1 is 1.19 bits per heavy atom. The van der Waals surface area contributed by atoms with Crippen molar-refractivity contribution in [3.8, 4) is 0 Å². The lowest BCUT2D eigenvalue weighted by Gasteiger charge is -2.11. The van der Waals surface area contributed by atoms with Crippen molar-refractivity contribution >= 4 is 37.5 Å². The summed E-state index contributed by atoms with van der Waals surface area (Å²) in [5.41, 5.74) is 6.57. The Morgan fingerprint density at radius 2 is 2.05 bits per heavy atom. The quantitative estimate of drug-likeness (QED) is 0.502. The second-order valence-corrected chi connectivity index (χ2v) is 5.88. The number of pyridine rings is 1. The van der Waals surface area contributed by atoms with E-state index in [0.717, 1.165) is 38.1 Å². The molecule has 0 bridgehead atoms. The maximum atomic E-state index is 12.3. The van der Waals surface area contributed by atoms with Crippen molar-refractivity contribution < 1.29 is 0 Å². The first kappa shape index (κ1) is 14.3. The van der Waals surface area contributed by atoms with E-state index in [1.54, 1.807) is 6.20 Å². The van der Waals surface area contributed by atoms with E-state index in [4.69, 9.17) is 5.73 Å². The molecular weight excluding hydrogens is 330 g/mol. The van der Waals surface area contributed by atoms with E-state index in [0.29, 0.717) is 13.1 Å². The Morgan fingerprint density at radius 3 is 2.86 bits per heavy atom. The van der Waals surface area contributed by atoms with Crippen LogP contribution in [0.15, 0.2) is 45.8 Å². The number of nitrogens with two attached hydrogens (primary N) is 1. The summed E-state index contributed by atoms with van der Waals surface area (Å²) in [5.74, 6) is 0. The van der Waals surface area contributed by atoms with Gasteiger partial charge >= 0.3 is 0 Å². The molecule has 0 saturated heterocycles. The number of rotatable bonds is 4. The van der Waals surface area contributed by atoms with Gasteiger partial charge in [-0.15, -0.1) is 0 Å². The smallest absolute Gasteiger partial charge is 0.256 e. The summed E-state index contributed by atoms with van der Waals surface area (Å²) in [5, 5.41) is 7.03. The number of benzene rings is 2. The first-order valence-electron chi connectivity index (χ1n) is 6.84. The zero-order valence-corrected chi connectivity index (χ0v) is 13.0. The molecule has 0 radical (unpaired) electrons. The molecule has 3 aromatic rings. The molecule has 0 spiro atoms. The highest BCUT2D eigenvalue weighted by Crippen LogP contribution is 2.28. The lowest BCUT2D eigenvalue weighted by Crippen LogP contribution is -2.22. The van der Waals surface area contributed by atoms with Crippen LogP contribution in [0.3, 0.4) is 0 Å². The standard InChI is InChI=1S/C16H16BrN3O/c17-12-2-1-10-7-11(9-19-6-4-18)13-3-5-20-16(21)15(13)14(10)8-12/h1-3,5,7-8,19H,4,6,9,18H2,(H,20,21). The molecule has 5 heteroatoms. The molecule has 108 valence electrons. The Balaban J connectivity index is 2.30. The largest absolute Gasteiger partial charge is 0.329 e. The number of nitrogens with one attached hydrogen (secondary N) is 2. The Hall–Kier alpha value is -1.69. The minimum Gasteiger partial charge on any atom is -0.329 e. The van der Waals surface area contributed by atoms with Gasteiger partial charge < -0.3 is 16.0 Å². The first-order chi connectivity index (χ1) is 10.2. The van der Waals surface area contributed by atoms with Gasteiger partial charge in [-0.3, -0.25) is 4.79 Å². The Kier molecular flexibility index (Phi) is 4.05. The topological polar surface area (TPSA) is 70.9 Å². The van der Waals surface area contributed by atoms with Crippen molar-refractivity contribution in [1.29, 1.82) is 0 Å². The van der Waals surface area contributed by atoms with Gasteiger partial charge in [0.1, 0.15) is 0 Å². The third kappa shape index (κ3) is 2.72. The molecule has 4 N–H and O–H groups in total. The molecule has 0 unspecified atom stereocenters. The lowest BCUT2D eigenvalue weighted by atomic mass is 9.98. The maximum Gasteiger partial charge on any atom is 0.256 e. The molecule has 1 aromatic heterocycles. The highest BCUT2D eigenvalue weighted by molar-refractivity contribution is 9.10. The number of halogens is 1. The Bertz CT molecular complexity index is 857. The SMILES string of the molecule is NCCNCc1cc2ccc(Br)cc2c2c(=O)[nH]ccc12. The highest BCUT2D eigenvalue weighted by Gasteiger charge is 2.09. The van der Waals surface area contributed by atoms with Crippen molar-refractivity contribution in [2.45, 2.75) is 6.54 Å². The van der Waals surface area contributed by atoms with Gasteiger partial charge in [0.25, 0.3) is 5.56 Å². The van der Waals surface area contributed by atoms with Crippen LogP contribution in [0.5, 0.6) is 0 Å². The fraction of sp³-hybridized carbons (Fsp3) is 0.188. The maximum absolute atomic E-state index is 12.3. The Labute approximate surface area is 130 Å². The number of hydrogen-bond acceptors (Lipinski definition) is 3. The average Bonchev–Trinajstić information content (AvgIpc) is 2.48. The van der Waals surface area contributed by atoms with Crippen LogP contribution in [0.1, 0.15) is 5.56 Å². The van der Waals surface area contributed by atoms with E-state index in [9.17, 15) is 4.79 Å². The first-order valence-corrected chi connectivity index (χ1v) is 7.63. The molecule has 3 rings (SSSR count). The van der Waals surface area contributed by atoms with Gasteiger partial charge in [0, 0.05) is 30.3 Å². The van der Waals surface area contributed by atoms with Crippen molar-refractivity contribution in [2.24, 2.45) is 5.73 Å². The third-order valence-corrected chi connectivity index (χ3v) is 4.05. The third-order valence-electron chi connectivity index (χ3n) is 3.56. The number of H-pyrrole nitrogens is 1. The van der Waals surface area contributed by atoms with Crippen LogP contribution >= 0.6 is 15.9 Å². The van der Waals surface area contributed by atoms with Gasteiger partial charge in [-0.25, -0.2) is 0 Å². The van der Waals surface area contributed by atoms with E-state index in [-0.39, 0.29) is 5.56 Å². The fourth-order valence-electron chi connectivity index (χ4n) is 2.62. The van der Waals surface area contributed by atoms with E-state index >= 15 is 0 Å².